The van der Waals surface area contributed by atoms with Crippen LogP contribution in [0, 0.1) is 0 Å². The summed E-state index contributed by atoms with van der Waals surface area (Å²) in [4.78, 5) is 25.0. The first-order valence-electron chi connectivity index (χ1n) is 7.39. The molecular formula is C15H20N6O3. The van der Waals surface area contributed by atoms with E-state index in [4.69, 9.17) is 4.74 Å². The van der Waals surface area contributed by atoms with Crippen molar-refractivity contribution in [2.75, 3.05) is 31.3 Å². The smallest absolute Gasteiger partial charge is 0.322 e. The lowest BCUT2D eigenvalue weighted by Gasteiger charge is -2.11. The van der Waals surface area contributed by atoms with Crippen molar-refractivity contribution in [3.63, 3.8) is 0 Å². The van der Waals surface area contributed by atoms with Crippen LogP contribution < -0.4 is 15.4 Å². The van der Waals surface area contributed by atoms with Gasteiger partial charge in [-0.15, -0.1) is 5.10 Å². The maximum atomic E-state index is 12.1. The van der Waals surface area contributed by atoms with Gasteiger partial charge >= 0.3 is 6.03 Å². The highest BCUT2D eigenvalue weighted by Gasteiger charge is 2.11. The molecule has 0 atom stereocenters. The predicted octanol–water partition coefficient (Wildman–Crippen LogP) is 1.41. The van der Waals surface area contributed by atoms with Crippen LogP contribution in [0.15, 0.2) is 30.5 Å². The van der Waals surface area contributed by atoms with Gasteiger partial charge in [-0.25, -0.2) is 9.48 Å². The van der Waals surface area contributed by atoms with Crippen LogP contribution in [0.4, 0.5) is 16.3 Å². The summed E-state index contributed by atoms with van der Waals surface area (Å²) in [5, 5.41) is 12.9. The van der Waals surface area contributed by atoms with Crippen LogP contribution in [0.25, 0.3) is 0 Å². The van der Waals surface area contributed by atoms with E-state index in [2.05, 4.69) is 20.9 Å². The number of nitrogens with one attached hydrogen (secondary N) is 2. The fourth-order valence-corrected chi connectivity index (χ4v) is 1.84. The minimum atomic E-state index is -0.322. The van der Waals surface area contributed by atoms with Crippen LogP contribution in [0.3, 0.4) is 0 Å². The summed E-state index contributed by atoms with van der Waals surface area (Å²) in [6.07, 6.45) is 1.48. The summed E-state index contributed by atoms with van der Waals surface area (Å²) >= 11 is 0. The molecule has 2 aromatic rings. The van der Waals surface area contributed by atoms with Crippen molar-refractivity contribution in [2.45, 2.75) is 13.5 Å². The van der Waals surface area contributed by atoms with E-state index < -0.39 is 0 Å². The van der Waals surface area contributed by atoms with Crippen LogP contribution in [0.2, 0.25) is 0 Å². The third-order valence-electron chi connectivity index (χ3n) is 2.95. The summed E-state index contributed by atoms with van der Waals surface area (Å²) in [5.41, 5.74) is 0.589. The molecule has 0 aliphatic rings. The molecule has 1 heterocycles. The molecule has 0 saturated heterocycles. The number of hydrogen-bond acceptors (Lipinski definition) is 5. The highest BCUT2D eigenvalue weighted by atomic mass is 16.5. The van der Waals surface area contributed by atoms with Gasteiger partial charge in [-0.05, 0) is 19.1 Å². The average Bonchev–Trinajstić information content (AvgIpc) is 2.96. The Balaban J connectivity index is 1.96. The monoisotopic (exact) mass is 332 g/mol. The Morgan fingerprint density at radius 2 is 2.00 bits per heavy atom. The van der Waals surface area contributed by atoms with E-state index in [1.165, 1.54) is 15.8 Å². The van der Waals surface area contributed by atoms with Crippen molar-refractivity contribution in [1.82, 2.24) is 19.9 Å². The first-order valence-corrected chi connectivity index (χ1v) is 7.39. The molecule has 3 amide bonds. The zero-order valence-electron chi connectivity index (χ0n) is 13.8. The molecule has 0 radical (unpaired) electrons. The van der Waals surface area contributed by atoms with Crippen LogP contribution >= 0.6 is 0 Å². The number of benzene rings is 1. The number of amides is 3. The maximum absolute atomic E-state index is 12.1. The van der Waals surface area contributed by atoms with Crippen LogP contribution in [-0.2, 0) is 11.3 Å². The Hall–Kier alpha value is -3.10. The van der Waals surface area contributed by atoms with Crippen LogP contribution in [-0.4, -0.2) is 52.5 Å². The van der Waals surface area contributed by atoms with Crippen molar-refractivity contribution in [1.29, 1.82) is 0 Å². The zero-order valence-corrected chi connectivity index (χ0v) is 13.8. The number of hydrogen-bond donors (Lipinski definition) is 2. The third kappa shape index (κ3) is 4.70. The number of aromatic nitrogens is 3. The van der Waals surface area contributed by atoms with Gasteiger partial charge in [0.25, 0.3) is 0 Å². The Kier molecular flexibility index (Phi) is 5.72. The fraction of sp³-hybridized carbons (Fsp3) is 0.333. The first kappa shape index (κ1) is 17.3. The van der Waals surface area contributed by atoms with Gasteiger partial charge in [0.15, 0.2) is 5.82 Å². The van der Waals surface area contributed by atoms with Crippen molar-refractivity contribution < 1.29 is 14.3 Å². The lowest BCUT2D eigenvalue weighted by Crippen LogP contribution is -2.27. The largest absolute Gasteiger partial charge is 0.492 e. The molecule has 0 saturated carbocycles. The van der Waals surface area contributed by atoms with Gasteiger partial charge in [0.2, 0.25) is 5.91 Å². The van der Waals surface area contributed by atoms with Crippen molar-refractivity contribution >= 4 is 23.4 Å². The molecule has 9 nitrogen and oxygen atoms in total. The van der Waals surface area contributed by atoms with E-state index in [1.54, 1.807) is 26.2 Å². The molecule has 2 N–H and O–H groups in total. The quantitative estimate of drug-likeness (QED) is 0.833. The molecule has 1 aromatic heterocycles. The minimum Gasteiger partial charge on any atom is -0.492 e. The highest BCUT2D eigenvalue weighted by Crippen LogP contribution is 2.23. The molecular weight excluding hydrogens is 312 g/mol. The molecule has 24 heavy (non-hydrogen) atoms. The summed E-state index contributed by atoms with van der Waals surface area (Å²) in [7, 11) is 3.23. The first-order chi connectivity index (χ1) is 11.5. The standard InChI is InChI=1S/C15H20N6O3/c1-4-24-12-8-6-5-7-11(12)16-14(22)10-21-9-13(18-19-21)17-15(23)20(2)3/h5-9H,4,10H2,1-3H3,(H,16,22)(H,17,23). The van der Waals surface area contributed by atoms with Gasteiger partial charge in [0, 0.05) is 14.1 Å². The van der Waals surface area contributed by atoms with E-state index in [-0.39, 0.29) is 24.3 Å². The van der Waals surface area contributed by atoms with Crippen LogP contribution in [0.5, 0.6) is 5.75 Å². The summed E-state index contributed by atoms with van der Waals surface area (Å²) in [6.45, 7) is 2.34. The van der Waals surface area contributed by atoms with Crippen LogP contribution in [0.1, 0.15) is 6.92 Å². The normalized spacial score (nSPS) is 10.1. The molecule has 0 aliphatic heterocycles. The number of ether oxygens (including phenoxy) is 1. The molecule has 2 rings (SSSR count). The lowest BCUT2D eigenvalue weighted by atomic mass is 10.3. The molecule has 9 heteroatoms. The SMILES string of the molecule is CCOc1ccccc1NC(=O)Cn1cc(NC(=O)N(C)C)nn1. The van der Waals surface area contributed by atoms with Gasteiger partial charge in [0.1, 0.15) is 12.3 Å². The van der Waals surface area contributed by atoms with Gasteiger partial charge in [0.05, 0.1) is 18.5 Å². The summed E-state index contributed by atoms with van der Waals surface area (Å²) in [6, 6.07) is 6.86. The molecule has 0 unspecified atom stereocenters. The predicted molar refractivity (Wildman–Crippen MR) is 89.0 cm³/mol. The highest BCUT2D eigenvalue weighted by molar-refractivity contribution is 5.92. The van der Waals surface area contributed by atoms with E-state index >= 15 is 0 Å². The number of rotatable bonds is 6. The average molecular weight is 332 g/mol. The van der Waals surface area contributed by atoms with Gasteiger partial charge in [-0.1, -0.05) is 17.3 Å². The molecule has 0 bridgehead atoms. The lowest BCUT2D eigenvalue weighted by molar-refractivity contribution is -0.116. The summed E-state index contributed by atoms with van der Waals surface area (Å²) < 4.78 is 6.79. The Morgan fingerprint density at radius 1 is 1.25 bits per heavy atom. The zero-order chi connectivity index (χ0) is 17.5. The van der Waals surface area contributed by atoms with E-state index in [1.807, 2.05) is 19.1 Å². The van der Waals surface area contributed by atoms with Gasteiger partial charge < -0.3 is 15.0 Å². The topological polar surface area (TPSA) is 101 Å². The fourth-order valence-electron chi connectivity index (χ4n) is 1.84. The van der Waals surface area contributed by atoms with Crippen molar-refractivity contribution in [2.24, 2.45) is 0 Å². The molecule has 128 valence electrons. The second-order valence-corrected chi connectivity index (χ2v) is 5.10. The number of nitrogens with zero attached hydrogens (tertiary/aromatic N) is 4. The Bertz CT molecular complexity index is 713. The van der Waals surface area contributed by atoms with E-state index in [9.17, 15) is 9.59 Å². The second-order valence-electron chi connectivity index (χ2n) is 5.10. The third-order valence-corrected chi connectivity index (χ3v) is 2.95. The van der Waals surface area contributed by atoms with Gasteiger partial charge in [-0.3, -0.25) is 10.1 Å². The maximum Gasteiger partial charge on any atom is 0.322 e. The van der Waals surface area contributed by atoms with Crippen molar-refractivity contribution in [3.8, 4) is 5.75 Å². The second kappa shape index (κ2) is 7.95. The van der Waals surface area contributed by atoms with Crippen molar-refractivity contribution in [3.05, 3.63) is 30.5 Å². The molecule has 0 spiro atoms. The van der Waals surface area contributed by atoms with Gasteiger partial charge in [-0.2, -0.15) is 0 Å². The summed E-state index contributed by atoms with van der Waals surface area (Å²) in [5.74, 6) is 0.597. The minimum absolute atomic E-state index is 0.0364. The molecule has 0 aliphatic carbocycles. The molecule has 0 fully saturated rings. The number of urea groups is 1. The molecule has 1 aromatic carbocycles. The number of carbonyl (C=O) groups is 2. The van der Waals surface area contributed by atoms with E-state index in [0.717, 1.165) is 0 Å². The van der Waals surface area contributed by atoms with E-state index in [0.29, 0.717) is 18.0 Å². The number of anilines is 2. The Labute approximate surface area is 139 Å². The number of para-hydroxylation sites is 2. The Morgan fingerprint density at radius 3 is 2.71 bits per heavy atom. The number of carbonyl (C=O) groups excluding carboxylic acids is 2.